The van der Waals surface area contributed by atoms with Gasteiger partial charge < -0.3 is 4.57 Å². The van der Waals surface area contributed by atoms with E-state index in [1.54, 1.807) is 4.80 Å². The molecule has 3 aromatic heterocycles. The maximum atomic E-state index is 4.54. The number of hydrogen-bond donors (Lipinski definition) is 0. The zero-order valence-electron chi connectivity index (χ0n) is 31.5. The van der Waals surface area contributed by atoms with Crippen molar-refractivity contribution in [3.63, 3.8) is 0 Å². The third-order valence-corrected chi connectivity index (χ3v) is 6.27. The minimum Gasteiger partial charge on any atom is -0.323 e. The molecule has 252 valence electrons. The van der Waals surface area contributed by atoms with E-state index in [-0.39, 0.29) is 16.6 Å². The molecule has 8 nitrogen and oxygen atoms in total. The maximum absolute atomic E-state index is 4.54. The SMILES string of the molecule is CC.CC.CC.CC(C)(C)n1nc2ccccc2n1.CC(C)(C)n1nnc2ccccc21.Cc1nc2ccccc2n1C(C)(C)C. The van der Waals surface area contributed by atoms with Crippen LogP contribution in [-0.4, -0.2) is 39.5 Å². The molecule has 0 bridgehead atoms. The molecule has 0 fully saturated rings. The summed E-state index contributed by atoms with van der Waals surface area (Å²) in [6.45, 7) is 33.3. The van der Waals surface area contributed by atoms with E-state index in [0.29, 0.717) is 0 Å². The number of imidazole rings is 1. The Bertz CT molecular complexity index is 1680. The summed E-state index contributed by atoms with van der Waals surface area (Å²) in [5, 5.41) is 17.0. The summed E-state index contributed by atoms with van der Waals surface area (Å²) in [7, 11) is 0. The Labute approximate surface area is 278 Å². The molecule has 3 aromatic carbocycles. The van der Waals surface area contributed by atoms with Crippen molar-refractivity contribution >= 4 is 33.1 Å². The van der Waals surface area contributed by atoms with Gasteiger partial charge in [0.2, 0.25) is 0 Å². The van der Waals surface area contributed by atoms with Gasteiger partial charge >= 0.3 is 0 Å². The molecule has 0 atom stereocenters. The van der Waals surface area contributed by atoms with Crippen LogP contribution in [-0.2, 0) is 16.6 Å². The zero-order valence-corrected chi connectivity index (χ0v) is 31.5. The predicted molar refractivity (Wildman–Crippen MR) is 199 cm³/mol. The Morgan fingerprint density at radius 2 is 0.891 bits per heavy atom. The first-order valence-corrected chi connectivity index (χ1v) is 16.7. The highest BCUT2D eigenvalue weighted by Gasteiger charge is 2.19. The van der Waals surface area contributed by atoms with Crippen molar-refractivity contribution in [3.05, 3.63) is 78.6 Å². The van der Waals surface area contributed by atoms with Crippen LogP contribution in [0.4, 0.5) is 0 Å². The van der Waals surface area contributed by atoms with Gasteiger partial charge in [-0.15, -0.1) is 5.10 Å². The molecule has 0 amide bonds. The van der Waals surface area contributed by atoms with Crippen LogP contribution in [0.3, 0.4) is 0 Å². The average molecular weight is 629 g/mol. The summed E-state index contributed by atoms with van der Waals surface area (Å²) in [5.41, 5.74) is 6.31. The first kappa shape index (κ1) is 40.0. The number of nitrogens with zero attached hydrogens (tertiary/aromatic N) is 8. The second-order valence-corrected chi connectivity index (χ2v) is 13.0. The van der Waals surface area contributed by atoms with Gasteiger partial charge in [-0.1, -0.05) is 83.2 Å². The van der Waals surface area contributed by atoms with Crippen LogP contribution in [0.25, 0.3) is 33.1 Å². The number of rotatable bonds is 0. The lowest BCUT2D eigenvalue weighted by atomic mass is 10.1. The summed E-state index contributed by atoms with van der Waals surface area (Å²) < 4.78 is 4.23. The van der Waals surface area contributed by atoms with Crippen molar-refractivity contribution in [1.29, 1.82) is 0 Å². The third-order valence-electron chi connectivity index (χ3n) is 6.27. The van der Waals surface area contributed by atoms with Crippen molar-refractivity contribution in [2.45, 2.75) is 127 Å². The minimum atomic E-state index is -0.0426. The van der Waals surface area contributed by atoms with Crippen LogP contribution in [0, 0.1) is 6.92 Å². The molecule has 0 N–H and O–H groups in total. The number of fused-ring (bicyclic) bond motifs is 3. The van der Waals surface area contributed by atoms with Gasteiger partial charge in [0.25, 0.3) is 0 Å². The van der Waals surface area contributed by atoms with E-state index in [2.05, 4.69) is 117 Å². The standard InChI is InChI=1S/C12H16N2.2C10H13N3.3C2H6/c1-9-13-10-7-5-6-8-11(10)14(9)12(2,3)4;1-10(2,3)13-9-7-5-4-6-8(9)11-12-13;1-10(2,3)13-11-8-6-4-5-7-9(8)12-13;3*1-2/h5-8H,1-4H3;2*4-7H,1-3H3;3*1-2H3. The van der Waals surface area contributed by atoms with E-state index in [0.717, 1.165) is 33.4 Å². The largest absolute Gasteiger partial charge is 0.323 e. The van der Waals surface area contributed by atoms with E-state index in [4.69, 9.17) is 0 Å². The minimum absolute atomic E-state index is 0.00387. The molecule has 3 heterocycles. The summed E-state index contributed by atoms with van der Waals surface area (Å²) in [4.78, 5) is 6.30. The van der Waals surface area contributed by atoms with Crippen LogP contribution < -0.4 is 0 Å². The fourth-order valence-corrected chi connectivity index (χ4v) is 4.52. The molecule has 0 aliphatic rings. The van der Waals surface area contributed by atoms with Crippen molar-refractivity contribution in [2.75, 3.05) is 0 Å². The molecule has 0 unspecified atom stereocenters. The fourth-order valence-electron chi connectivity index (χ4n) is 4.52. The first-order valence-electron chi connectivity index (χ1n) is 16.7. The Kier molecular flexibility index (Phi) is 15.3. The molecular weight excluding hydrogens is 568 g/mol. The summed E-state index contributed by atoms with van der Waals surface area (Å²) in [6, 6.07) is 24.2. The molecule has 46 heavy (non-hydrogen) atoms. The molecule has 0 saturated heterocycles. The molecule has 6 aromatic rings. The highest BCUT2D eigenvalue weighted by Crippen LogP contribution is 2.24. The highest BCUT2D eigenvalue weighted by molar-refractivity contribution is 5.76. The van der Waals surface area contributed by atoms with Gasteiger partial charge in [0.05, 0.1) is 27.6 Å². The average Bonchev–Trinajstić information content (AvgIpc) is 3.75. The normalized spacial score (nSPS) is 11.0. The van der Waals surface area contributed by atoms with Crippen LogP contribution in [0.15, 0.2) is 72.8 Å². The van der Waals surface area contributed by atoms with Gasteiger partial charge in [-0.25, -0.2) is 9.67 Å². The quantitative estimate of drug-likeness (QED) is 0.167. The Morgan fingerprint density at radius 3 is 1.33 bits per heavy atom. The molecule has 8 heteroatoms. The summed E-state index contributed by atoms with van der Waals surface area (Å²) in [6.07, 6.45) is 0. The monoisotopic (exact) mass is 628 g/mol. The van der Waals surface area contributed by atoms with Crippen LogP contribution in [0.2, 0.25) is 0 Å². The topological polar surface area (TPSA) is 79.2 Å². The molecule has 6 rings (SSSR count). The Morgan fingerprint density at radius 1 is 0.478 bits per heavy atom. The lowest BCUT2D eigenvalue weighted by Gasteiger charge is -2.23. The van der Waals surface area contributed by atoms with Crippen molar-refractivity contribution in [3.8, 4) is 0 Å². The van der Waals surface area contributed by atoms with Crippen molar-refractivity contribution < 1.29 is 0 Å². The van der Waals surface area contributed by atoms with E-state index < -0.39 is 0 Å². The smallest absolute Gasteiger partial charge is 0.113 e. The lowest BCUT2D eigenvalue weighted by Crippen LogP contribution is -2.24. The predicted octanol–water partition coefficient (Wildman–Crippen LogP) is 10.6. The molecule has 0 spiro atoms. The van der Waals surface area contributed by atoms with E-state index in [1.165, 1.54) is 5.52 Å². The van der Waals surface area contributed by atoms with Gasteiger partial charge in [-0.2, -0.15) is 15.0 Å². The summed E-state index contributed by atoms with van der Waals surface area (Å²) in [5.74, 6) is 1.08. The number of benzene rings is 3. The van der Waals surface area contributed by atoms with Crippen LogP contribution in [0.1, 0.15) is 110 Å². The second-order valence-electron chi connectivity index (χ2n) is 13.0. The zero-order chi connectivity index (χ0) is 35.3. The van der Waals surface area contributed by atoms with Gasteiger partial charge in [0.15, 0.2) is 0 Å². The van der Waals surface area contributed by atoms with Gasteiger partial charge in [-0.05, 0) is 106 Å². The number of aryl methyl sites for hydroxylation is 1. The second kappa shape index (κ2) is 17.6. The Balaban J connectivity index is 0.000000319. The van der Waals surface area contributed by atoms with Crippen LogP contribution in [0.5, 0.6) is 0 Å². The molecule has 0 radical (unpaired) electrons. The third kappa shape index (κ3) is 10.5. The highest BCUT2D eigenvalue weighted by atomic mass is 15.5. The summed E-state index contributed by atoms with van der Waals surface area (Å²) >= 11 is 0. The molecule has 0 aliphatic heterocycles. The number of aromatic nitrogens is 8. The first-order chi connectivity index (χ1) is 21.7. The molecular formula is C38H60N8. The maximum Gasteiger partial charge on any atom is 0.113 e. The van der Waals surface area contributed by atoms with E-state index in [9.17, 15) is 0 Å². The van der Waals surface area contributed by atoms with Gasteiger partial charge in [-0.3, -0.25) is 0 Å². The number of hydrogen-bond acceptors (Lipinski definition) is 5. The van der Waals surface area contributed by atoms with Crippen molar-refractivity contribution in [2.24, 2.45) is 0 Å². The fraction of sp³-hybridized carbons (Fsp3) is 0.500. The van der Waals surface area contributed by atoms with E-state index in [1.807, 2.05) is 101 Å². The number of para-hydroxylation sites is 3. The molecule has 0 aliphatic carbocycles. The van der Waals surface area contributed by atoms with Crippen LogP contribution >= 0.6 is 0 Å². The lowest BCUT2D eigenvalue weighted by molar-refractivity contribution is 0.316. The van der Waals surface area contributed by atoms with Crippen molar-refractivity contribution in [1.82, 2.24) is 39.5 Å². The molecule has 0 saturated carbocycles. The van der Waals surface area contributed by atoms with Gasteiger partial charge in [0.1, 0.15) is 22.4 Å². The van der Waals surface area contributed by atoms with Gasteiger partial charge in [0, 0.05) is 5.54 Å². The Hall–Kier alpha value is -4.07. The van der Waals surface area contributed by atoms with E-state index >= 15 is 0 Å².